The minimum atomic E-state index is -0.917. The molecule has 26 heavy (non-hydrogen) atoms. The number of benzene rings is 1. The predicted molar refractivity (Wildman–Crippen MR) is 101 cm³/mol. The molecule has 5 nitrogen and oxygen atoms in total. The smallest absolute Gasteiger partial charge is 0.307 e. The van der Waals surface area contributed by atoms with E-state index in [1.165, 1.54) is 18.3 Å². The molecule has 0 bridgehead atoms. The van der Waals surface area contributed by atoms with Gasteiger partial charge in [0.05, 0.1) is 15.6 Å². The van der Waals surface area contributed by atoms with Crippen LogP contribution in [0.1, 0.15) is 40.6 Å². The van der Waals surface area contributed by atoms with Crippen molar-refractivity contribution in [2.45, 2.75) is 39.3 Å². The largest absolute Gasteiger partial charge is 0.453 e. The highest BCUT2D eigenvalue weighted by Crippen LogP contribution is 2.23. The number of carbonyl (C=O) groups is 3. The molecule has 0 unspecified atom stereocenters. The molecule has 1 aromatic heterocycles. The average Bonchev–Trinajstić information content (AvgIpc) is 3.05. The summed E-state index contributed by atoms with van der Waals surface area (Å²) in [4.78, 5) is 36.3. The third kappa shape index (κ3) is 6.28. The highest BCUT2D eigenvalue weighted by molar-refractivity contribution is 7.18. The van der Waals surface area contributed by atoms with Crippen LogP contribution >= 0.6 is 22.9 Å². The van der Waals surface area contributed by atoms with Crippen molar-refractivity contribution >= 4 is 40.6 Å². The summed E-state index contributed by atoms with van der Waals surface area (Å²) in [6.45, 7) is 3.85. The summed E-state index contributed by atoms with van der Waals surface area (Å²) < 4.78 is 5.61. The van der Waals surface area contributed by atoms with Crippen molar-refractivity contribution in [3.05, 3.63) is 56.7 Å². The van der Waals surface area contributed by atoms with Crippen LogP contribution in [0.2, 0.25) is 4.34 Å². The summed E-state index contributed by atoms with van der Waals surface area (Å²) in [5, 5.41) is 2.72. The second kappa shape index (κ2) is 9.50. The van der Waals surface area contributed by atoms with Gasteiger partial charge in [-0.2, -0.15) is 0 Å². The molecule has 0 aliphatic heterocycles. The molecular formula is C19H20ClNO4S. The zero-order chi connectivity index (χ0) is 19.1. The van der Waals surface area contributed by atoms with Gasteiger partial charge in [-0.3, -0.25) is 14.4 Å². The van der Waals surface area contributed by atoms with Crippen molar-refractivity contribution in [2.75, 3.05) is 0 Å². The Bertz CT molecular complexity index is 785. The van der Waals surface area contributed by atoms with E-state index in [4.69, 9.17) is 16.3 Å². The molecule has 2 rings (SSSR count). The number of ether oxygens (including phenoxy) is 1. The lowest BCUT2D eigenvalue weighted by atomic mass is 10.1. The maximum absolute atomic E-state index is 12.0. The number of hydrogen-bond acceptors (Lipinski definition) is 5. The molecule has 2 aromatic rings. The van der Waals surface area contributed by atoms with Crippen LogP contribution in [-0.2, 0) is 20.9 Å². The van der Waals surface area contributed by atoms with Gasteiger partial charge in [-0.15, -0.1) is 11.3 Å². The van der Waals surface area contributed by atoms with Gasteiger partial charge in [0.25, 0.3) is 5.91 Å². The summed E-state index contributed by atoms with van der Waals surface area (Å²) in [6.07, 6.45) is -0.976. The first-order valence-corrected chi connectivity index (χ1v) is 9.36. The number of aryl methyl sites for hydroxylation is 1. The second-order valence-electron chi connectivity index (χ2n) is 5.86. The van der Waals surface area contributed by atoms with Crippen LogP contribution in [0, 0.1) is 6.92 Å². The molecule has 1 aromatic carbocycles. The van der Waals surface area contributed by atoms with Crippen molar-refractivity contribution in [1.82, 2.24) is 5.32 Å². The lowest BCUT2D eigenvalue weighted by Crippen LogP contribution is -2.35. The summed E-state index contributed by atoms with van der Waals surface area (Å²) in [5.74, 6) is -1.13. The molecule has 1 N–H and O–H groups in total. The van der Waals surface area contributed by atoms with Crippen LogP contribution in [0.5, 0.6) is 0 Å². The summed E-state index contributed by atoms with van der Waals surface area (Å²) in [5.41, 5.74) is 2.10. The number of ketones is 1. The Morgan fingerprint density at radius 2 is 1.81 bits per heavy atom. The van der Waals surface area contributed by atoms with Gasteiger partial charge in [-0.1, -0.05) is 41.4 Å². The third-order valence-corrected chi connectivity index (χ3v) is 4.94. The Morgan fingerprint density at radius 3 is 2.42 bits per heavy atom. The van der Waals surface area contributed by atoms with E-state index in [-0.39, 0.29) is 24.5 Å². The molecule has 0 spiro atoms. The van der Waals surface area contributed by atoms with Crippen molar-refractivity contribution in [3.8, 4) is 0 Å². The fraction of sp³-hybridized carbons (Fsp3) is 0.316. The highest BCUT2D eigenvalue weighted by atomic mass is 35.5. The Morgan fingerprint density at radius 1 is 1.12 bits per heavy atom. The van der Waals surface area contributed by atoms with Crippen LogP contribution < -0.4 is 5.32 Å². The van der Waals surface area contributed by atoms with Crippen LogP contribution in [0.25, 0.3) is 0 Å². The number of hydrogen-bond donors (Lipinski definition) is 1. The lowest BCUT2D eigenvalue weighted by molar-refractivity contribution is -0.154. The molecule has 0 aliphatic rings. The van der Waals surface area contributed by atoms with E-state index in [2.05, 4.69) is 5.32 Å². The van der Waals surface area contributed by atoms with E-state index in [1.807, 2.05) is 31.2 Å². The van der Waals surface area contributed by atoms with Gasteiger partial charge >= 0.3 is 5.97 Å². The first-order valence-electron chi connectivity index (χ1n) is 8.16. The zero-order valence-corrected chi connectivity index (χ0v) is 16.2. The molecule has 0 aliphatic carbocycles. The number of Topliss-reactive ketones (excluding diaryl/α,β-unsaturated/α-hetero) is 1. The molecule has 0 radical (unpaired) electrons. The molecular weight excluding hydrogens is 374 g/mol. The zero-order valence-electron chi connectivity index (χ0n) is 14.6. The summed E-state index contributed by atoms with van der Waals surface area (Å²) in [7, 11) is 0. The number of halogens is 1. The summed E-state index contributed by atoms with van der Waals surface area (Å²) in [6, 6.07) is 11.0. The Kier molecular flexibility index (Phi) is 7.36. The van der Waals surface area contributed by atoms with Gasteiger partial charge in [-0.05, 0) is 31.5 Å². The van der Waals surface area contributed by atoms with Gasteiger partial charge in [0, 0.05) is 13.0 Å². The lowest BCUT2D eigenvalue weighted by Gasteiger charge is -2.13. The SMILES string of the molecule is Cc1ccc(CNC(=O)[C@@H](C)OC(=O)CCC(=O)c2ccc(Cl)s2)cc1. The molecule has 1 heterocycles. The van der Waals surface area contributed by atoms with E-state index < -0.39 is 12.1 Å². The van der Waals surface area contributed by atoms with E-state index >= 15 is 0 Å². The summed E-state index contributed by atoms with van der Waals surface area (Å²) >= 11 is 6.95. The van der Waals surface area contributed by atoms with E-state index in [0.717, 1.165) is 11.1 Å². The van der Waals surface area contributed by atoms with E-state index in [0.29, 0.717) is 15.8 Å². The van der Waals surface area contributed by atoms with E-state index in [1.54, 1.807) is 12.1 Å². The van der Waals surface area contributed by atoms with E-state index in [9.17, 15) is 14.4 Å². The quantitative estimate of drug-likeness (QED) is 0.545. The maximum Gasteiger partial charge on any atom is 0.307 e. The average molecular weight is 394 g/mol. The fourth-order valence-electron chi connectivity index (χ4n) is 2.15. The van der Waals surface area contributed by atoms with Gasteiger partial charge in [0.2, 0.25) is 0 Å². The van der Waals surface area contributed by atoms with Crippen molar-refractivity contribution < 1.29 is 19.1 Å². The van der Waals surface area contributed by atoms with Crippen LogP contribution in [0.3, 0.4) is 0 Å². The number of carbonyl (C=O) groups excluding carboxylic acids is 3. The molecule has 1 atom stereocenters. The molecule has 0 saturated heterocycles. The molecule has 0 saturated carbocycles. The van der Waals surface area contributed by atoms with Crippen molar-refractivity contribution in [2.24, 2.45) is 0 Å². The molecule has 0 fully saturated rings. The third-order valence-electron chi connectivity index (χ3n) is 3.67. The van der Waals surface area contributed by atoms with Gasteiger partial charge in [-0.25, -0.2) is 0 Å². The number of amides is 1. The van der Waals surface area contributed by atoms with Crippen LogP contribution in [-0.4, -0.2) is 23.8 Å². The van der Waals surface area contributed by atoms with Gasteiger partial charge in [0.1, 0.15) is 0 Å². The Labute approximate surface area is 161 Å². The van der Waals surface area contributed by atoms with Gasteiger partial charge < -0.3 is 10.1 Å². The number of thiophene rings is 1. The highest BCUT2D eigenvalue weighted by Gasteiger charge is 2.19. The van der Waals surface area contributed by atoms with Crippen molar-refractivity contribution in [3.63, 3.8) is 0 Å². The fourth-order valence-corrected chi connectivity index (χ4v) is 3.16. The first-order chi connectivity index (χ1) is 12.3. The normalized spacial score (nSPS) is 11.7. The van der Waals surface area contributed by atoms with Gasteiger partial charge in [0.15, 0.2) is 11.9 Å². The second-order valence-corrected chi connectivity index (χ2v) is 7.58. The Hall–Kier alpha value is -2.18. The standard InChI is InChI=1S/C19H20ClNO4S/c1-12-3-5-14(6-4-12)11-21-19(24)13(2)25-18(23)10-7-15(22)16-8-9-17(20)26-16/h3-6,8-9,13H,7,10-11H2,1-2H3,(H,21,24)/t13-/m1/s1. The maximum atomic E-state index is 12.0. The molecule has 1 amide bonds. The number of nitrogens with one attached hydrogen (secondary N) is 1. The van der Waals surface area contributed by atoms with Crippen molar-refractivity contribution in [1.29, 1.82) is 0 Å². The van der Waals surface area contributed by atoms with Crippen LogP contribution in [0.4, 0.5) is 0 Å². The minimum Gasteiger partial charge on any atom is -0.453 e. The predicted octanol–water partition coefficient (Wildman–Crippen LogP) is 3.92. The monoisotopic (exact) mass is 393 g/mol. The van der Waals surface area contributed by atoms with Crippen LogP contribution in [0.15, 0.2) is 36.4 Å². The topological polar surface area (TPSA) is 72.5 Å². The number of esters is 1. The Balaban J connectivity index is 1.72. The first kappa shape index (κ1) is 20.1. The minimum absolute atomic E-state index is 0.0212. The molecule has 7 heteroatoms. The molecule has 138 valence electrons. The number of rotatable bonds is 8.